The Morgan fingerprint density at radius 2 is 1.14 bits per heavy atom. The van der Waals surface area contributed by atoms with Gasteiger partial charge in [0.1, 0.15) is 0 Å². The minimum absolute atomic E-state index is 0.0368. The van der Waals surface area contributed by atoms with Crippen molar-refractivity contribution in [2.24, 2.45) is 0 Å². The van der Waals surface area contributed by atoms with Gasteiger partial charge in [-0.1, -0.05) is 115 Å². The van der Waals surface area contributed by atoms with Gasteiger partial charge < -0.3 is 0 Å². The summed E-state index contributed by atoms with van der Waals surface area (Å²) in [5.74, 6) is 0. The molecule has 4 aromatic rings. The van der Waals surface area contributed by atoms with Gasteiger partial charge in [-0.15, -0.1) is 0 Å². The van der Waals surface area contributed by atoms with Crippen molar-refractivity contribution in [1.29, 1.82) is 0 Å². The van der Waals surface area contributed by atoms with Crippen LogP contribution in [0.15, 0.2) is 86.1 Å². The standard InChI is InChI=1S/C34H36N2/c1-9-23-18-31(35-22-24(23)10-2)32-20-27(19-30(36-32)25-14-12-11-13-15-25)26-16-28(33(3,4)5)21-29(17-26)34(6,7)8/h9-22H,1-2H2,3-8H3. The summed E-state index contributed by atoms with van der Waals surface area (Å²) in [5, 5.41) is 0. The molecule has 182 valence electrons. The van der Waals surface area contributed by atoms with Gasteiger partial charge in [0.25, 0.3) is 0 Å². The third kappa shape index (κ3) is 5.39. The maximum Gasteiger partial charge on any atom is 0.0900 e. The molecule has 0 N–H and O–H groups in total. The van der Waals surface area contributed by atoms with Crippen LogP contribution in [0, 0.1) is 0 Å². The molecule has 2 aromatic heterocycles. The normalized spacial score (nSPS) is 11.8. The van der Waals surface area contributed by atoms with Crippen LogP contribution < -0.4 is 0 Å². The van der Waals surface area contributed by atoms with E-state index in [1.165, 1.54) is 16.7 Å². The van der Waals surface area contributed by atoms with E-state index in [2.05, 4.69) is 97.2 Å². The largest absolute Gasteiger partial charge is 0.254 e. The maximum absolute atomic E-state index is 5.05. The van der Waals surface area contributed by atoms with Crippen molar-refractivity contribution >= 4 is 12.2 Å². The number of hydrogen-bond acceptors (Lipinski definition) is 2. The van der Waals surface area contributed by atoms with Crippen molar-refractivity contribution in [3.8, 4) is 33.8 Å². The second-order valence-electron chi connectivity index (χ2n) is 11.4. The first-order valence-electron chi connectivity index (χ1n) is 12.5. The summed E-state index contributed by atoms with van der Waals surface area (Å²) in [6.45, 7) is 21.5. The van der Waals surface area contributed by atoms with Gasteiger partial charge in [0, 0.05) is 11.8 Å². The Labute approximate surface area is 216 Å². The van der Waals surface area contributed by atoms with E-state index in [0.29, 0.717) is 0 Å². The SMILES string of the molecule is C=Cc1cnc(-c2cc(-c3cc(C(C)(C)C)cc(C(C)(C)C)c3)cc(-c3ccccc3)n2)cc1C=C. The lowest BCUT2D eigenvalue weighted by molar-refractivity contribution is 0.569. The smallest absolute Gasteiger partial charge is 0.0900 e. The van der Waals surface area contributed by atoms with Crippen LogP contribution in [-0.2, 0) is 10.8 Å². The molecule has 2 aromatic carbocycles. The molecule has 0 spiro atoms. The summed E-state index contributed by atoms with van der Waals surface area (Å²) in [6.07, 6.45) is 5.49. The van der Waals surface area contributed by atoms with Crippen molar-refractivity contribution in [1.82, 2.24) is 9.97 Å². The highest BCUT2D eigenvalue weighted by Crippen LogP contribution is 2.36. The Balaban J connectivity index is 1.99. The van der Waals surface area contributed by atoms with Crippen molar-refractivity contribution in [3.05, 3.63) is 108 Å². The molecule has 0 aliphatic carbocycles. The van der Waals surface area contributed by atoms with Gasteiger partial charge in [-0.25, -0.2) is 4.98 Å². The van der Waals surface area contributed by atoms with Crippen LogP contribution in [0.3, 0.4) is 0 Å². The van der Waals surface area contributed by atoms with Gasteiger partial charge in [0.05, 0.1) is 17.1 Å². The van der Waals surface area contributed by atoms with Crippen molar-refractivity contribution in [2.75, 3.05) is 0 Å². The van der Waals surface area contributed by atoms with Crippen LogP contribution in [0.5, 0.6) is 0 Å². The van der Waals surface area contributed by atoms with E-state index in [4.69, 9.17) is 9.97 Å². The Hall–Kier alpha value is -3.78. The van der Waals surface area contributed by atoms with Gasteiger partial charge in [-0.05, 0) is 62.4 Å². The molecule has 0 aliphatic rings. The number of nitrogens with zero attached hydrogens (tertiary/aromatic N) is 2. The predicted molar refractivity (Wildman–Crippen MR) is 156 cm³/mol. The summed E-state index contributed by atoms with van der Waals surface area (Å²) in [5.41, 5.74) is 10.7. The minimum atomic E-state index is 0.0368. The van der Waals surface area contributed by atoms with Crippen LogP contribution in [0.25, 0.3) is 45.9 Å². The first kappa shape index (κ1) is 25.3. The van der Waals surface area contributed by atoms with E-state index in [-0.39, 0.29) is 10.8 Å². The molecule has 0 bridgehead atoms. The molecule has 0 saturated heterocycles. The molecule has 2 nitrogen and oxygen atoms in total. The van der Waals surface area contributed by atoms with Gasteiger partial charge in [-0.2, -0.15) is 0 Å². The van der Waals surface area contributed by atoms with E-state index in [9.17, 15) is 0 Å². The van der Waals surface area contributed by atoms with Crippen molar-refractivity contribution in [2.45, 2.75) is 52.4 Å². The highest BCUT2D eigenvalue weighted by atomic mass is 14.8. The van der Waals surface area contributed by atoms with Crippen LogP contribution in [0.4, 0.5) is 0 Å². The zero-order chi connectivity index (χ0) is 26.1. The molecular formula is C34H36N2. The molecule has 0 radical (unpaired) electrons. The van der Waals surface area contributed by atoms with E-state index in [1.54, 1.807) is 6.08 Å². The molecule has 0 atom stereocenters. The number of pyridine rings is 2. The van der Waals surface area contributed by atoms with Crippen LogP contribution in [-0.4, -0.2) is 9.97 Å². The number of benzene rings is 2. The highest BCUT2D eigenvalue weighted by Gasteiger charge is 2.21. The summed E-state index contributed by atoms with van der Waals surface area (Å²) in [6, 6.07) is 23.7. The quantitative estimate of drug-likeness (QED) is 0.289. The fourth-order valence-electron chi connectivity index (χ4n) is 4.21. The number of hydrogen-bond donors (Lipinski definition) is 0. The average molecular weight is 473 g/mol. The van der Waals surface area contributed by atoms with E-state index >= 15 is 0 Å². The molecule has 4 rings (SSSR count). The zero-order valence-electron chi connectivity index (χ0n) is 22.4. The number of rotatable bonds is 5. The summed E-state index contributed by atoms with van der Waals surface area (Å²) in [4.78, 5) is 9.78. The lowest BCUT2D eigenvalue weighted by atomic mass is 9.79. The first-order chi connectivity index (χ1) is 17.0. The molecule has 0 fully saturated rings. The molecular weight excluding hydrogens is 436 g/mol. The third-order valence-electron chi connectivity index (χ3n) is 6.56. The average Bonchev–Trinajstić information content (AvgIpc) is 2.87. The Morgan fingerprint density at radius 3 is 1.69 bits per heavy atom. The highest BCUT2D eigenvalue weighted by molar-refractivity contribution is 5.78. The van der Waals surface area contributed by atoms with Crippen LogP contribution >= 0.6 is 0 Å². The minimum Gasteiger partial charge on any atom is -0.254 e. The lowest BCUT2D eigenvalue weighted by Gasteiger charge is -2.26. The van der Waals surface area contributed by atoms with Gasteiger partial charge in [0.2, 0.25) is 0 Å². The summed E-state index contributed by atoms with van der Waals surface area (Å²) < 4.78 is 0. The maximum atomic E-state index is 5.05. The zero-order valence-corrected chi connectivity index (χ0v) is 22.4. The van der Waals surface area contributed by atoms with Gasteiger partial charge in [0.15, 0.2) is 0 Å². The molecule has 0 saturated carbocycles. The first-order valence-corrected chi connectivity index (χ1v) is 12.5. The second kappa shape index (κ2) is 9.70. The fourth-order valence-corrected chi connectivity index (χ4v) is 4.21. The fraction of sp³-hybridized carbons (Fsp3) is 0.235. The Morgan fingerprint density at radius 1 is 0.583 bits per heavy atom. The second-order valence-corrected chi connectivity index (χ2v) is 11.4. The molecule has 0 amide bonds. The summed E-state index contributed by atoms with van der Waals surface area (Å²) in [7, 11) is 0. The van der Waals surface area contributed by atoms with E-state index in [0.717, 1.165) is 39.3 Å². The topological polar surface area (TPSA) is 25.8 Å². The van der Waals surface area contributed by atoms with Gasteiger partial charge >= 0.3 is 0 Å². The van der Waals surface area contributed by atoms with E-state index in [1.807, 2.05) is 36.5 Å². The van der Waals surface area contributed by atoms with E-state index < -0.39 is 0 Å². The molecule has 0 unspecified atom stereocenters. The van der Waals surface area contributed by atoms with Crippen molar-refractivity contribution < 1.29 is 0 Å². The molecule has 2 heterocycles. The number of aromatic nitrogens is 2. The third-order valence-corrected chi connectivity index (χ3v) is 6.56. The van der Waals surface area contributed by atoms with Crippen molar-refractivity contribution in [3.63, 3.8) is 0 Å². The van der Waals surface area contributed by atoms with Crippen LogP contribution in [0.2, 0.25) is 0 Å². The van der Waals surface area contributed by atoms with Gasteiger partial charge in [-0.3, -0.25) is 4.98 Å². The lowest BCUT2D eigenvalue weighted by Crippen LogP contribution is -2.16. The van der Waals surface area contributed by atoms with Crippen LogP contribution in [0.1, 0.15) is 63.8 Å². The molecule has 2 heteroatoms. The summed E-state index contributed by atoms with van der Waals surface area (Å²) >= 11 is 0. The monoisotopic (exact) mass is 472 g/mol. The predicted octanol–water partition coefficient (Wildman–Crippen LogP) is 9.36. The Kier molecular flexibility index (Phi) is 6.82. The Bertz CT molecular complexity index is 1380. The molecule has 36 heavy (non-hydrogen) atoms. The molecule has 0 aliphatic heterocycles.